The Morgan fingerprint density at radius 2 is 1.65 bits per heavy atom. The molecule has 0 aliphatic rings. The smallest absolute Gasteiger partial charge is 0.261 e. The van der Waals surface area contributed by atoms with E-state index in [1.54, 1.807) is 13.0 Å². The minimum atomic E-state index is -0.661. The second-order valence-electron chi connectivity index (χ2n) is 8.41. The highest BCUT2D eigenvalue weighted by Gasteiger charge is 2.27. The molecule has 0 heterocycles. The third kappa shape index (κ3) is 7.28. The number of carbonyl (C=O) groups excluding carboxylic acids is 2. The molecule has 168 valence electrons. The van der Waals surface area contributed by atoms with Gasteiger partial charge in [-0.05, 0) is 42.0 Å². The highest BCUT2D eigenvalue weighted by atomic mass is 35.5. The largest absolute Gasteiger partial charge is 0.483 e. The topological polar surface area (TPSA) is 58.6 Å². The predicted molar refractivity (Wildman–Crippen MR) is 125 cm³/mol. The van der Waals surface area contributed by atoms with E-state index in [1.165, 1.54) is 4.90 Å². The zero-order valence-electron chi connectivity index (χ0n) is 19.0. The summed E-state index contributed by atoms with van der Waals surface area (Å²) >= 11 is 6.32. The Morgan fingerprint density at radius 1 is 1.00 bits per heavy atom. The van der Waals surface area contributed by atoms with E-state index < -0.39 is 6.04 Å². The lowest BCUT2D eigenvalue weighted by Gasteiger charge is -2.29. The number of benzene rings is 2. The molecule has 0 saturated carbocycles. The van der Waals surface area contributed by atoms with Gasteiger partial charge in [0, 0.05) is 18.1 Å². The number of para-hydroxylation sites is 1. The maximum Gasteiger partial charge on any atom is 0.261 e. The molecule has 2 rings (SSSR count). The summed E-state index contributed by atoms with van der Waals surface area (Å²) in [6.45, 7) is 10.6. The molecule has 2 aromatic carbocycles. The third-order valence-corrected chi connectivity index (χ3v) is 5.41. The molecule has 0 fully saturated rings. The fourth-order valence-electron chi connectivity index (χ4n) is 3.16. The molecule has 0 aliphatic carbocycles. The van der Waals surface area contributed by atoms with Crippen LogP contribution in [0.4, 0.5) is 0 Å². The molecule has 1 atom stereocenters. The summed E-state index contributed by atoms with van der Waals surface area (Å²) in [5.41, 5.74) is 1.82. The monoisotopic (exact) mass is 444 g/mol. The van der Waals surface area contributed by atoms with Crippen molar-refractivity contribution in [3.8, 4) is 5.75 Å². The number of hydrogen-bond acceptors (Lipinski definition) is 3. The summed E-state index contributed by atoms with van der Waals surface area (Å²) < 4.78 is 5.88. The Morgan fingerprint density at radius 3 is 2.29 bits per heavy atom. The van der Waals surface area contributed by atoms with Crippen LogP contribution >= 0.6 is 11.6 Å². The molecule has 1 N–H and O–H groups in total. The molecule has 0 aromatic heterocycles. The van der Waals surface area contributed by atoms with Crippen molar-refractivity contribution in [1.82, 2.24) is 10.2 Å². The van der Waals surface area contributed by atoms with Crippen molar-refractivity contribution in [1.29, 1.82) is 0 Å². The summed E-state index contributed by atoms with van der Waals surface area (Å²) in [6.07, 6.45) is 0. The summed E-state index contributed by atoms with van der Waals surface area (Å²) in [4.78, 5) is 27.4. The van der Waals surface area contributed by atoms with Gasteiger partial charge >= 0.3 is 0 Å². The Kier molecular flexibility index (Phi) is 9.38. The summed E-state index contributed by atoms with van der Waals surface area (Å²) in [6, 6.07) is 14.4. The molecule has 6 heteroatoms. The third-order valence-electron chi connectivity index (χ3n) is 5.04. The van der Waals surface area contributed by atoms with E-state index in [-0.39, 0.29) is 30.9 Å². The predicted octanol–water partition coefficient (Wildman–Crippen LogP) is 5.03. The second-order valence-corrected chi connectivity index (χ2v) is 8.82. The maximum absolute atomic E-state index is 13.2. The average molecular weight is 445 g/mol. The van der Waals surface area contributed by atoms with Gasteiger partial charge < -0.3 is 15.0 Å². The van der Waals surface area contributed by atoms with Crippen LogP contribution in [0.2, 0.25) is 5.02 Å². The van der Waals surface area contributed by atoms with E-state index in [9.17, 15) is 9.59 Å². The van der Waals surface area contributed by atoms with Crippen LogP contribution in [-0.4, -0.2) is 35.9 Å². The van der Waals surface area contributed by atoms with Crippen molar-refractivity contribution in [3.63, 3.8) is 0 Å². The number of carbonyl (C=O) groups is 2. The van der Waals surface area contributed by atoms with Crippen LogP contribution in [0.5, 0.6) is 5.75 Å². The highest BCUT2D eigenvalue weighted by molar-refractivity contribution is 6.31. The summed E-state index contributed by atoms with van der Waals surface area (Å²) in [5, 5.41) is 3.47. The van der Waals surface area contributed by atoms with Crippen molar-refractivity contribution < 1.29 is 14.3 Å². The lowest BCUT2D eigenvalue weighted by molar-refractivity contribution is -0.142. The number of halogens is 1. The molecule has 0 saturated heterocycles. The van der Waals surface area contributed by atoms with Gasteiger partial charge in [0.05, 0.1) is 0 Å². The molecular weight excluding hydrogens is 412 g/mol. The van der Waals surface area contributed by atoms with E-state index in [1.807, 2.05) is 56.3 Å². The summed E-state index contributed by atoms with van der Waals surface area (Å²) in [7, 11) is 0. The minimum Gasteiger partial charge on any atom is -0.483 e. The van der Waals surface area contributed by atoms with E-state index in [0.29, 0.717) is 23.2 Å². The van der Waals surface area contributed by atoms with Gasteiger partial charge in [0.2, 0.25) is 5.91 Å². The normalized spacial score (nSPS) is 12.0. The van der Waals surface area contributed by atoms with E-state index in [2.05, 4.69) is 19.2 Å². The first-order valence-corrected chi connectivity index (χ1v) is 11.1. The number of nitrogens with one attached hydrogen (secondary N) is 1. The van der Waals surface area contributed by atoms with E-state index >= 15 is 0 Å². The fraction of sp³-hybridized carbons (Fsp3) is 0.440. The van der Waals surface area contributed by atoms with Crippen molar-refractivity contribution in [2.45, 2.75) is 53.1 Å². The molecule has 31 heavy (non-hydrogen) atoms. The number of nitrogens with zero attached hydrogens (tertiary/aromatic N) is 1. The van der Waals surface area contributed by atoms with Gasteiger partial charge in [-0.1, -0.05) is 75.7 Å². The maximum atomic E-state index is 13.2. The van der Waals surface area contributed by atoms with Crippen molar-refractivity contribution in [3.05, 3.63) is 64.7 Å². The number of hydrogen-bond donors (Lipinski definition) is 1. The first kappa shape index (κ1) is 24.7. The van der Waals surface area contributed by atoms with Gasteiger partial charge in [-0.3, -0.25) is 9.59 Å². The van der Waals surface area contributed by atoms with Gasteiger partial charge in [-0.25, -0.2) is 0 Å². The fourth-order valence-corrected chi connectivity index (χ4v) is 3.35. The zero-order chi connectivity index (χ0) is 23.0. The quantitative estimate of drug-likeness (QED) is 0.559. The zero-order valence-corrected chi connectivity index (χ0v) is 19.8. The first-order chi connectivity index (χ1) is 14.7. The Labute approximate surface area is 190 Å². The van der Waals surface area contributed by atoms with Crippen molar-refractivity contribution in [2.24, 2.45) is 5.92 Å². The molecular formula is C25H33ClN2O3. The van der Waals surface area contributed by atoms with Crippen LogP contribution in [0, 0.1) is 5.92 Å². The van der Waals surface area contributed by atoms with Crippen LogP contribution in [0.15, 0.2) is 48.5 Å². The molecule has 0 bridgehead atoms. The Balaban J connectivity index is 2.19. The SMILES string of the molecule is CC(C)CNC(=O)[C@H](C)N(Cc1ccccc1Cl)C(=O)COc1ccccc1C(C)C. The molecule has 0 radical (unpaired) electrons. The second kappa shape index (κ2) is 11.8. The van der Waals surface area contributed by atoms with Gasteiger partial charge in [0.15, 0.2) is 6.61 Å². The van der Waals surface area contributed by atoms with Crippen LogP contribution < -0.4 is 10.1 Å². The average Bonchev–Trinajstić information content (AvgIpc) is 2.74. The number of amides is 2. The number of ether oxygens (including phenoxy) is 1. The van der Waals surface area contributed by atoms with Crippen LogP contribution in [0.1, 0.15) is 51.7 Å². The van der Waals surface area contributed by atoms with Gasteiger partial charge in [-0.15, -0.1) is 0 Å². The lowest BCUT2D eigenvalue weighted by atomic mass is 10.0. The van der Waals surface area contributed by atoms with Gasteiger partial charge in [0.1, 0.15) is 11.8 Å². The van der Waals surface area contributed by atoms with Crippen LogP contribution in [0.3, 0.4) is 0 Å². The summed E-state index contributed by atoms with van der Waals surface area (Å²) in [5.74, 6) is 0.800. The molecule has 0 aliphatic heterocycles. The van der Waals surface area contributed by atoms with Crippen LogP contribution in [-0.2, 0) is 16.1 Å². The van der Waals surface area contributed by atoms with Crippen LogP contribution in [0.25, 0.3) is 0 Å². The molecule has 0 spiro atoms. The first-order valence-electron chi connectivity index (χ1n) is 10.7. The van der Waals surface area contributed by atoms with Gasteiger partial charge in [-0.2, -0.15) is 0 Å². The lowest BCUT2D eigenvalue weighted by Crippen LogP contribution is -2.49. The Hall–Kier alpha value is -2.53. The molecule has 0 unspecified atom stereocenters. The van der Waals surface area contributed by atoms with Crippen molar-refractivity contribution in [2.75, 3.05) is 13.2 Å². The Bertz CT molecular complexity index is 883. The standard InChI is InChI=1S/C25H33ClN2O3/c1-17(2)14-27-25(30)19(5)28(15-20-10-6-8-12-22(20)26)24(29)16-31-23-13-9-7-11-21(23)18(3)4/h6-13,17-19H,14-16H2,1-5H3,(H,27,30)/t19-/m0/s1. The van der Waals surface area contributed by atoms with Crippen molar-refractivity contribution >= 4 is 23.4 Å². The number of rotatable bonds is 10. The molecule has 2 aromatic rings. The minimum absolute atomic E-state index is 0.157. The molecule has 2 amide bonds. The van der Waals surface area contributed by atoms with E-state index in [4.69, 9.17) is 16.3 Å². The van der Waals surface area contributed by atoms with E-state index in [0.717, 1.165) is 11.1 Å². The highest BCUT2D eigenvalue weighted by Crippen LogP contribution is 2.26. The van der Waals surface area contributed by atoms with Gasteiger partial charge in [0.25, 0.3) is 5.91 Å². The molecule has 5 nitrogen and oxygen atoms in total.